The molecular formula is C18H16Br2N2O6. The van der Waals surface area contributed by atoms with Crippen LogP contribution in [0, 0.1) is 0 Å². The number of ether oxygens (including phenoxy) is 1. The minimum absolute atomic E-state index is 0.0203. The first-order valence-electron chi connectivity index (χ1n) is 7.56. The van der Waals surface area contributed by atoms with Gasteiger partial charge in [-0.2, -0.15) is 0 Å². The number of Topliss-reactive ketones (excluding diaryl/α,β-unsaturated/α-hetero) is 1. The number of carbonyl (C=O) groups is 2. The lowest BCUT2D eigenvalue weighted by Crippen LogP contribution is -2.09. The highest BCUT2D eigenvalue weighted by atomic mass is 79.9. The fraction of sp³-hybridized carbons (Fsp3) is 0.111. The average Bonchev–Trinajstić information content (AvgIpc) is 2.60. The number of esters is 1. The average molecular weight is 516 g/mol. The maximum absolute atomic E-state index is 10.9. The molecule has 0 bridgehead atoms. The Labute approximate surface area is 177 Å². The Morgan fingerprint density at radius 1 is 1.00 bits per heavy atom. The van der Waals surface area contributed by atoms with E-state index in [2.05, 4.69) is 42.2 Å². The third-order valence-electron chi connectivity index (χ3n) is 3.10. The van der Waals surface area contributed by atoms with Crippen LogP contribution in [0.15, 0.2) is 55.7 Å². The topological polar surface area (TPSA) is 129 Å². The van der Waals surface area contributed by atoms with E-state index in [1.807, 2.05) is 0 Å². The van der Waals surface area contributed by atoms with Crippen molar-refractivity contribution in [1.29, 1.82) is 0 Å². The van der Waals surface area contributed by atoms with Gasteiger partial charge in [-0.05, 0) is 43.3 Å². The second-order valence-corrected chi connectivity index (χ2v) is 7.01. The van der Waals surface area contributed by atoms with Crippen LogP contribution in [0.2, 0.25) is 0 Å². The summed E-state index contributed by atoms with van der Waals surface area (Å²) in [5, 5.41) is 32.1. The highest BCUT2D eigenvalue weighted by Gasteiger charge is 2.12. The zero-order chi connectivity index (χ0) is 21.3. The molecule has 0 saturated heterocycles. The van der Waals surface area contributed by atoms with E-state index in [4.69, 9.17) is 15.2 Å². The number of nitrogens with zero attached hydrogens (tertiary/aromatic N) is 2. The zero-order valence-electron chi connectivity index (χ0n) is 14.8. The van der Waals surface area contributed by atoms with Gasteiger partial charge in [-0.3, -0.25) is 9.59 Å². The van der Waals surface area contributed by atoms with Crippen LogP contribution in [0.25, 0.3) is 0 Å². The molecule has 148 valence electrons. The number of hydrogen-bond donors (Lipinski definition) is 3. The second-order valence-electron chi connectivity index (χ2n) is 5.18. The largest absolute Gasteiger partial charge is 0.507 e. The van der Waals surface area contributed by atoms with Gasteiger partial charge >= 0.3 is 5.97 Å². The van der Waals surface area contributed by atoms with E-state index in [9.17, 15) is 14.7 Å². The van der Waals surface area contributed by atoms with Gasteiger partial charge in [-0.1, -0.05) is 42.2 Å². The molecule has 0 fully saturated rings. The maximum Gasteiger partial charge on any atom is 0.308 e. The predicted molar refractivity (Wildman–Crippen MR) is 110 cm³/mol. The van der Waals surface area contributed by atoms with Crippen molar-refractivity contribution in [3.8, 4) is 11.5 Å². The van der Waals surface area contributed by atoms with Gasteiger partial charge in [0.2, 0.25) is 0 Å². The number of phenols is 1. The Morgan fingerprint density at radius 3 is 2.04 bits per heavy atom. The summed E-state index contributed by atoms with van der Waals surface area (Å²) in [6, 6.07) is 9.56. The van der Waals surface area contributed by atoms with E-state index in [0.29, 0.717) is 15.6 Å². The first kappa shape index (κ1) is 23.3. The molecule has 0 aromatic heterocycles. The minimum Gasteiger partial charge on any atom is -0.507 e. The second kappa shape index (κ2) is 11.2. The number of oxime groups is 2. The summed E-state index contributed by atoms with van der Waals surface area (Å²) in [7, 11) is 0. The number of hydrogen-bond acceptors (Lipinski definition) is 8. The van der Waals surface area contributed by atoms with Crippen LogP contribution >= 0.6 is 31.9 Å². The SMILES string of the molecule is CC(=O)Oc1cc(Br)ccc1C(/C=N/O)=N\O.CC(=O)c1ccc(Br)cc1O. The Balaban J connectivity index is 0.000000307. The summed E-state index contributed by atoms with van der Waals surface area (Å²) < 4.78 is 6.41. The molecule has 0 spiro atoms. The molecule has 8 nitrogen and oxygen atoms in total. The molecule has 28 heavy (non-hydrogen) atoms. The Hall–Kier alpha value is -2.72. The summed E-state index contributed by atoms with van der Waals surface area (Å²) >= 11 is 6.39. The molecule has 0 radical (unpaired) electrons. The molecule has 2 aromatic rings. The molecule has 0 aliphatic carbocycles. The molecule has 3 N–H and O–H groups in total. The van der Waals surface area contributed by atoms with Crippen molar-refractivity contribution in [2.45, 2.75) is 13.8 Å². The van der Waals surface area contributed by atoms with E-state index in [0.717, 1.165) is 10.7 Å². The number of benzene rings is 2. The first-order chi connectivity index (χ1) is 13.2. The molecule has 2 rings (SSSR count). The summed E-state index contributed by atoms with van der Waals surface area (Å²) in [6.07, 6.45) is 0.927. The standard InChI is InChI=1S/C10H9BrN2O4.C8H7BrO2/c1-6(14)17-10-4-7(11)2-3-8(10)9(13-16)5-12-15;1-5(10)7-3-2-6(9)4-8(7)11/h2-5,15-16H,1H3;2-4,11H,1H3/b12-5+,13-9-;. The monoisotopic (exact) mass is 514 g/mol. The van der Waals surface area contributed by atoms with E-state index < -0.39 is 5.97 Å². The summed E-state index contributed by atoms with van der Waals surface area (Å²) in [4.78, 5) is 21.7. The summed E-state index contributed by atoms with van der Waals surface area (Å²) in [5.74, 6) is -0.427. The Kier molecular flexibility index (Phi) is 9.33. The fourth-order valence-electron chi connectivity index (χ4n) is 1.95. The molecule has 0 aliphatic rings. The molecule has 0 unspecified atom stereocenters. The van der Waals surface area contributed by atoms with Crippen LogP contribution in [0.1, 0.15) is 29.8 Å². The third-order valence-corrected chi connectivity index (χ3v) is 4.09. The maximum atomic E-state index is 10.9. The van der Waals surface area contributed by atoms with Crippen LogP contribution in [-0.2, 0) is 4.79 Å². The quantitative estimate of drug-likeness (QED) is 0.138. The van der Waals surface area contributed by atoms with Crippen molar-refractivity contribution >= 4 is 55.5 Å². The number of rotatable bonds is 4. The lowest BCUT2D eigenvalue weighted by atomic mass is 10.1. The van der Waals surface area contributed by atoms with Gasteiger partial charge in [0.1, 0.15) is 17.2 Å². The molecule has 0 aliphatic heterocycles. The van der Waals surface area contributed by atoms with Crippen molar-refractivity contribution in [2.75, 3.05) is 0 Å². The third kappa shape index (κ3) is 7.12. The van der Waals surface area contributed by atoms with Gasteiger partial charge < -0.3 is 20.3 Å². The molecule has 0 amide bonds. The zero-order valence-corrected chi connectivity index (χ0v) is 17.9. The Morgan fingerprint density at radius 2 is 1.57 bits per heavy atom. The highest BCUT2D eigenvalue weighted by molar-refractivity contribution is 9.10. The number of carbonyl (C=O) groups excluding carboxylic acids is 2. The van der Waals surface area contributed by atoms with Crippen LogP contribution < -0.4 is 4.74 Å². The number of halogens is 2. The van der Waals surface area contributed by atoms with Gasteiger partial charge in [0.15, 0.2) is 5.78 Å². The van der Waals surface area contributed by atoms with Gasteiger partial charge in [0.05, 0.1) is 11.8 Å². The van der Waals surface area contributed by atoms with E-state index in [1.54, 1.807) is 24.3 Å². The van der Waals surface area contributed by atoms with Crippen LogP contribution in [-0.4, -0.2) is 39.2 Å². The van der Waals surface area contributed by atoms with Gasteiger partial charge in [0, 0.05) is 21.4 Å². The predicted octanol–water partition coefficient (Wildman–Crippen LogP) is 4.37. The summed E-state index contributed by atoms with van der Waals surface area (Å²) in [5.41, 5.74) is 0.646. The lowest BCUT2D eigenvalue weighted by molar-refractivity contribution is -0.131. The Bertz CT molecular complexity index is 928. The molecule has 0 heterocycles. The van der Waals surface area contributed by atoms with Crippen molar-refractivity contribution in [3.05, 3.63) is 56.5 Å². The normalized spacial score (nSPS) is 10.9. The molecule has 0 atom stereocenters. The first-order valence-corrected chi connectivity index (χ1v) is 9.15. The van der Waals surface area contributed by atoms with Crippen LogP contribution in [0.5, 0.6) is 11.5 Å². The smallest absolute Gasteiger partial charge is 0.308 e. The lowest BCUT2D eigenvalue weighted by Gasteiger charge is -2.07. The minimum atomic E-state index is -0.512. The summed E-state index contributed by atoms with van der Waals surface area (Å²) in [6.45, 7) is 2.67. The van der Waals surface area contributed by atoms with Crippen molar-refractivity contribution < 1.29 is 29.8 Å². The van der Waals surface area contributed by atoms with E-state index >= 15 is 0 Å². The van der Waals surface area contributed by atoms with Crippen molar-refractivity contribution in [2.24, 2.45) is 10.3 Å². The van der Waals surface area contributed by atoms with Gasteiger partial charge in [-0.25, -0.2) is 0 Å². The van der Waals surface area contributed by atoms with Gasteiger partial charge in [0.25, 0.3) is 0 Å². The highest BCUT2D eigenvalue weighted by Crippen LogP contribution is 2.24. The molecule has 2 aromatic carbocycles. The molecule has 0 saturated carbocycles. The number of aromatic hydroxyl groups is 1. The molecule has 10 heteroatoms. The van der Waals surface area contributed by atoms with Crippen LogP contribution in [0.3, 0.4) is 0 Å². The fourth-order valence-corrected chi connectivity index (χ4v) is 2.64. The van der Waals surface area contributed by atoms with Crippen molar-refractivity contribution in [3.63, 3.8) is 0 Å². The number of phenolic OH excluding ortho intramolecular Hbond substituents is 1. The van der Waals surface area contributed by atoms with E-state index in [-0.39, 0.29) is 23.0 Å². The van der Waals surface area contributed by atoms with Crippen molar-refractivity contribution in [1.82, 2.24) is 0 Å². The molecular weight excluding hydrogens is 500 g/mol. The van der Waals surface area contributed by atoms with Gasteiger partial charge in [-0.15, -0.1) is 0 Å². The van der Waals surface area contributed by atoms with Crippen LogP contribution in [0.4, 0.5) is 0 Å². The number of ketones is 1. The van der Waals surface area contributed by atoms with E-state index in [1.165, 1.54) is 26.0 Å².